The van der Waals surface area contributed by atoms with Gasteiger partial charge in [-0.2, -0.15) is 5.10 Å². The van der Waals surface area contributed by atoms with Crippen molar-refractivity contribution in [2.75, 3.05) is 19.4 Å². The molecule has 0 aliphatic heterocycles. The fourth-order valence-corrected chi connectivity index (χ4v) is 3.90. The van der Waals surface area contributed by atoms with Crippen LogP contribution >= 0.6 is 0 Å². The molecule has 172 valence electrons. The first kappa shape index (κ1) is 21.7. The number of hydrogen-bond donors (Lipinski definition) is 2. The van der Waals surface area contributed by atoms with E-state index in [1.165, 1.54) is 6.33 Å². The molecule has 0 fully saturated rings. The second kappa shape index (κ2) is 9.03. The lowest BCUT2D eigenvalue weighted by Crippen LogP contribution is -2.13. The van der Waals surface area contributed by atoms with Crippen LogP contribution in [0.15, 0.2) is 61.1 Å². The molecule has 0 aliphatic carbocycles. The second-order valence-electron chi connectivity index (χ2n) is 8.42. The molecule has 4 aromatic heterocycles. The molecule has 9 heteroatoms. The zero-order chi connectivity index (χ0) is 23.7. The highest BCUT2D eigenvalue weighted by molar-refractivity contribution is 5.77. The molecule has 5 aromatic rings. The zero-order valence-electron chi connectivity index (χ0n) is 19.2. The van der Waals surface area contributed by atoms with Gasteiger partial charge in [-0.1, -0.05) is 18.2 Å². The number of nitrogens with zero attached hydrogens (tertiary/aromatic N) is 6. The summed E-state index contributed by atoms with van der Waals surface area (Å²) in [5.41, 5.74) is 5.94. The minimum absolute atomic E-state index is 0.250. The summed E-state index contributed by atoms with van der Waals surface area (Å²) in [7, 11) is 3.84. The summed E-state index contributed by atoms with van der Waals surface area (Å²) in [5.74, 6) is 0.421. The van der Waals surface area contributed by atoms with Crippen LogP contribution in [0.1, 0.15) is 17.1 Å². The van der Waals surface area contributed by atoms with E-state index in [4.69, 9.17) is 4.98 Å². The topological polar surface area (TPSA) is 87.0 Å². The Morgan fingerprint density at radius 1 is 1.06 bits per heavy atom. The summed E-state index contributed by atoms with van der Waals surface area (Å²) < 4.78 is 16.7. The van der Waals surface area contributed by atoms with Crippen molar-refractivity contribution < 1.29 is 4.39 Å². The number of fused-ring (bicyclic) bond motifs is 1. The summed E-state index contributed by atoms with van der Waals surface area (Å²) in [6.07, 6.45) is 3.40. The largest absolute Gasteiger partial charge is 0.375 e. The molecule has 0 unspecified atom stereocenters. The van der Waals surface area contributed by atoms with Crippen molar-refractivity contribution >= 4 is 11.3 Å². The Morgan fingerprint density at radius 2 is 1.91 bits per heavy atom. The Balaban J connectivity index is 1.50. The number of rotatable bonds is 7. The van der Waals surface area contributed by atoms with Gasteiger partial charge in [0, 0.05) is 29.6 Å². The number of halogens is 1. The van der Waals surface area contributed by atoms with Gasteiger partial charge in [0.2, 0.25) is 0 Å². The minimum Gasteiger partial charge on any atom is -0.375 e. The number of nitrogens with one attached hydrogen (secondary N) is 2. The van der Waals surface area contributed by atoms with Crippen molar-refractivity contribution in [2.24, 2.45) is 0 Å². The summed E-state index contributed by atoms with van der Waals surface area (Å²) in [6.45, 7) is 2.81. The van der Waals surface area contributed by atoms with E-state index in [9.17, 15) is 4.39 Å². The van der Waals surface area contributed by atoms with Gasteiger partial charge >= 0.3 is 0 Å². The summed E-state index contributed by atoms with van der Waals surface area (Å²) in [6, 6.07) is 15.1. The number of imidazole rings is 1. The molecule has 2 N–H and O–H groups in total. The molecule has 4 heterocycles. The normalized spacial score (nSPS) is 11.4. The van der Waals surface area contributed by atoms with Crippen molar-refractivity contribution in [3.8, 4) is 22.6 Å². The van der Waals surface area contributed by atoms with Crippen LogP contribution in [0.2, 0.25) is 0 Å². The van der Waals surface area contributed by atoms with Gasteiger partial charge in [0.15, 0.2) is 11.5 Å². The lowest BCUT2D eigenvalue weighted by molar-refractivity contribution is 0.393. The van der Waals surface area contributed by atoms with E-state index in [2.05, 4.69) is 25.4 Å². The molecular formula is C25H25FN8. The Bertz CT molecular complexity index is 1450. The Kier molecular flexibility index (Phi) is 5.77. The van der Waals surface area contributed by atoms with E-state index < -0.39 is 0 Å². The van der Waals surface area contributed by atoms with Crippen LogP contribution in [0.25, 0.3) is 28.3 Å². The lowest BCUT2D eigenvalue weighted by Gasteiger charge is -2.13. The summed E-state index contributed by atoms with van der Waals surface area (Å²) >= 11 is 0. The van der Waals surface area contributed by atoms with Crippen LogP contribution in [-0.2, 0) is 13.1 Å². The molecule has 0 atom stereocenters. The maximum Gasteiger partial charge on any atom is 0.155 e. The molecule has 0 amide bonds. The number of aromatic nitrogens is 6. The van der Waals surface area contributed by atoms with Crippen LogP contribution in [0.5, 0.6) is 0 Å². The maximum absolute atomic E-state index is 15.0. The monoisotopic (exact) mass is 456 g/mol. The van der Waals surface area contributed by atoms with Gasteiger partial charge in [-0.3, -0.25) is 4.98 Å². The maximum atomic E-state index is 15.0. The van der Waals surface area contributed by atoms with Gasteiger partial charge in [0.25, 0.3) is 0 Å². The van der Waals surface area contributed by atoms with E-state index in [-0.39, 0.29) is 5.82 Å². The third-order valence-electron chi connectivity index (χ3n) is 5.46. The molecule has 0 saturated carbocycles. The highest BCUT2D eigenvalue weighted by atomic mass is 19.1. The average Bonchev–Trinajstić information content (AvgIpc) is 3.46. The van der Waals surface area contributed by atoms with Crippen molar-refractivity contribution in [2.45, 2.75) is 20.0 Å². The van der Waals surface area contributed by atoms with Crippen molar-refractivity contribution in [1.82, 2.24) is 34.4 Å². The fraction of sp³-hybridized carbons (Fsp3) is 0.200. The molecule has 8 nitrogen and oxygen atoms in total. The van der Waals surface area contributed by atoms with Crippen LogP contribution in [0, 0.1) is 12.7 Å². The quantitative estimate of drug-likeness (QED) is 0.380. The number of anilines is 1. The van der Waals surface area contributed by atoms with Crippen molar-refractivity contribution in [3.05, 3.63) is 84.0 Å². The molecule has 0 saturated heterocycles. The van der Waals surface area contributed by atoms with Gasteiger partial charge in [0.05, 0.1) is 29.3 Å². The van der Waals surface area contributed by atoms with Crippen LogP contribution in [-0.4, -0.2) is 48.5 Å². The van der Waals surface area contributed by atoms with Crippen LogP contribution in [0.3, 0.4) is 0 Å². The first-order valence-electron chi connectivity index (χ1n) is 11.0. The number of hydrogen-bond acceptors (Lipinski definition) is 6. The lowest BCUT2D eigenvalue weighted by atomic mass is 10.1. The van der Waals surface area contributed by atoms with Gasteiger partial charge in [-0.15, -0.1) is 0 Å². The first-order chi connectivity index (χ1) is 16.5. The molecule has 0 aliphatic rings. The van der Waals surface area contributed by atoms with E-state index in [0.717, 1.165) is 34.0 Å². The summed E-state index contributed by atoms with van der Waals surface area (Å²) in [5, 5.41) is 7.43. The third-order valence-corrected chi connectivity index (χ3v) is 5.46. The SMILES string of the molecule is Cc1cccc(-c2[nH]c(CNc3cccc(CN(C)C)c3F)nc2-c2ccc3ncnn3c2)n1. The molecule has 34 heavy (non-hydrogen) atoms. The number of aryl methyl sites for hydroxylation is 1. The third kappa shape index (κ3) is 4.38. The van der Waals surface area contributed by atoms with Crippen molar-refractivity contribution in [3.63, 3.8) is 0 Å². The highest BCUT2D eigenvalue weighted by Gasteiger charge is 2.17. The van der Waals surface area contributed by atoms with Crippen LogP contribution in [0.4, 0.5) is 10.1 Å². The highest BCUT2D eigenvalue weighted by Crippen LogP contribution is 2.30. The predicted molar refractivity (Wildman–Crippen MR) is 130 cm³/mol. The number of benzene rings is 1. The predicted octanol–water partition coefficient (Wildman–Crippen LogP) is 4.30. The van der Waals surface area contributed by atoms with Gasteiger partial charge in [0.1, 0.15) is 12.2 Å². The fourth-order valence-electron chi connectivity index (χ4n) is 3.90. The number of aromatic amines is 1. The van der Waals surface area contributed by atoms with E-state index in [0.29, 0.717) is 30.2 Å². The van der Waals surface area contributed by atoms with Gasteiger partial charge in [-0.05, 0) is 51.4 Å². The average molecular weight is 457 g/mol. The van der Waals surface area contributed by atoms with E-state index in [1.807, 2.05) is 68.5 Å². The van der Waals surface area contributed by atoms with Crippen molar-refractivity contribution in [1.29, 1.82) is 0 Å². The molecule has 0 bridgehead atoms. The zero-order valence-corrected chi connectivity index (χ0v) is 19.2. The number of pyridine rings is 2. The second-order valence-corrected chi connectivity index (χ2v) is 8.42. The van der Waals surface area contributed by atoms with Crippen LogP contribution < -0.4 is 5.32 Å². The van der Waals surface area contributed by atoms with Gasteiger partial charge in [-0.25, -0.2) is 18.9 Å². The Hall–Kier alpha value is -4.11. The van der Waals surface area contributed by atoms with Gasteiger partial charge < -0.3 is 15.2 Å². The summed E-state index contributed by atoms with van der Waals surface area (Å²) in [4.78, 5) is 19.1. The minimum atomic E-state index is -0.250. The van der Waals surface area contributed by atoms with E-state index >= 15 is 0 Å². The Morgan fingerprint density at radius 3 is 2.74 bits per heavy atom. The molecule has 1 aromatic carbocycles. The molecule has 0 spiro atoms. The van der Waals surface area contributed by atoms with E-state index in [1.54, 1.807) is 16.6 Å². The first-order valence-corrected chi connectivity index (χ1v) is 11.0. The molecule has 0 radical (unpaired) electrons. The standard InChI is InChI=1S/C25H25FN8/c1-16-6-4-9-20(30-16)25-24(18-10-11-22-28-15-29-34(22)14-18)31-21(32-25)12-27-19-8-5-7-17(23(19)26)13-33(2)3/h4-11,14-15,27H,12-13H2,1-3H3,(H,31,32). The Labute approximate surface area is 196 Å². The molecular weight excluding hydrogens is 431 g/mol. The molecule has 5 rings (SSSR count). The smallest absolute Gasteiger partial charge is 0.155 e. The number of H-pyrrole nitrogens is 1.